The lowest BCUT2D eigenvalue weighted by Crippen LogP contribution is -2.45. The molecule has 0 fully saturated rings. The highest BCUT2D eigenvalue weighted by Gasteiger charge is 2.26. The minimum atomic E-state index is -0.635. The Morgan fingerprint density at radius 3 is 1.80 bits per heavy atom. The van der Waals surface area contributed by atoms with Crippen LogP contribution < -0.4 is 5.32 Å². The zero-order valence-corrected chi connectivity index (χ0v) is 14.9. The van der Waals surface area contributed by atoms with Gasteiger partial charge in [-0.15, -0.1) is 0 Å². The molecule has 0 aliphatic carbocycles. The van der Waals surface area contributed by atoms with Crippen LogP contribution in [0, 0.1) is 5.92 Å². The Hall–Kier alpha value is -2.62. The third kappa shape index (κ3) is 5.18. The van der Waals surface area contributed by atoms with Crippen LogP contribution in [-0.2, 0) is 14.3 Å². The van der Waals surface area contributed by atoms with E-state index in [1.807, 2.05) is 74.5 Å². The molecule has 0 heterocycles. The molecular weight excluding hydrogens is 314 g/mol. The van der Waals surface area contributed by atoms with Crippen molar-refractivity contribution in [3.63, 3.8) is 0 Å². The van der Waals surface area contributed by atoms with Crippen molar-refractivity contribution < 1.29 is 14.3 Å². The van der Waals surface area contributed by atoms with E-state index in [2.05, 4.69) is 5.32 Å². The van der Waals surface area contributed by atoms with Crippen LogP contribution in [0.5, 0.6) is 0 Å². The molecule has 132 valence electrons. The smallest absolute Gasteiger partial charge is 0.328 e. The Kier molecular flexibility index (Phi) is 6.75. The molecule has 2 aromatic carbocycles. The molecule has 1 amide bonds. The number of rotatable bonds is 7. The van der Waals surface area contributed by atoms with Crippen molar-refractivity contribution in [1.29, 1.82) is 0 Å². The third-order valence-corrected chi connectivity index (χ3v) is 4.23. The fraction of sp³-hybridized carbons (Fsp3) is 0.333. The molecule has 25 heavy (non-hydrogen) atoms. The molecule has 1 atom stereocenters. The molecule has 2 rings (SSSR count). The van der Waals surface area contributed by atoms with Crippen LogP contribution in [0.3, 0.4) is 0 Å². The fourth-order valence-corrected chi connectivity index (χ4v) is 2.84. The Bertz CT molecular complexity index is 643. The molecule has 2 aromatic rings. The zero-order chi connectivity index (χ0) is 18.2. The van der Waals surface area contributed by atoms with E-state index in [0.717, 1.165) is 11.1 Å². The fourth-order valence-electron chi connectivity index (χ4n) is 2.84. The Labute approximate surface area is 149 Å². The van der Waals surface area contributed by atoms with Crippen LogP contribution >= 0.6 is 0 Å². The highest BCUT2D eigenvalue weighted by molar-refractivity contribution is 5.85. The molecule has 1 unspecified atom stereocenters. The minimum absolute atomic E-state index is 0.0386. The van der Waals surface area contributed by atoms with Gasteiger partial charge in [0.25, 0.3) is 0 Å². The maximum absolute atomic E-state index is 12.6. The lowest BCUT2D eigenvalue weighted by molar-refractivity contribution is -0.146. The average Bonchev–Trinajstić information content (AvgIpc) is 2.64. The second-order valence-corrected chi connectivity index (χ2v) is 6.39. The minimum Gasteiger partial charge on any atom is -0.467 e. The van der Waals surface area contributed by atoms with Crippen molar-refractivity contribution in [2.75, 3.05) is 7.11 Å². The molecule has 1 N–H and O–H groups in total. The number of carbonyl (C=O) groups excluding carboxylic acids is 2. The molecule has 0 aromatic heterocycles. The van der Waals surface area contributed by atoms with Gasteiger partial charge in [0.15, 0.2) is 0 Å². The maximum atomic E-state index is 12.6. The largest absolute Gasteiger partial charge is 0.467 e. The summed E-state index contributed by atoms with van der Waals surface area (Å²) in [6.07, 6.45) is 0.272. The SMILES string of the molecule is COC(=O)C(NC(=O)CC(c1ccccc1)c1ccccc1)C(C)C. The van der Waals surface area contributed by atoms with Crippen molar-refractivity contribution in [2.45, 2.75) is 32.2 Å². The van der Waals surface area contributed by atoms with Gasteiger partial charge in [-0.25, -0.2) is 4.79 Å². The van der Waals surface area contributed by atoms with Crippen molar-refractivity contribution >= 4 is 11.9 Å². The predicted molar refractivity (Wildman–Crippen MR) is 98.1 cm³/mol. The molecule has 0 saturated heterocycles. The van der Waals surface area contributed by atoms with Crippen LogP contribution in [0.4, 0.5) is 0 Å². The number of amides is 1. The number of methoxy groups -OCH3 is 1. The molecule has 4 nitrogen and oxygen atoms in total. The van der Waals surface area contributed by atoms with Gasteiger partial charge in [-0.1, -0.05) is 74.5 Å². The lowest BCUT2D eigenvalue weighted by Gasteiger charge is -2.22. The molecular formula is C21H25NO3. The van der Waals surface area contributed by atoms with Gasteiger partial charge < -0.3 is 10.1 Å². The standard InChI is InChI=1S/C21H25NO3/c1-15(2)20(21(24)25-3)22-19(23)14-18(16-10-6-4-7-11-16)17-12-8-5-9-13-17/h4-13,15,18,20H,14H2,1-3H3,(H,22,23). The van der Waals surface area contributed by atoms with Gasteiger partial charge in [0.2, 0.25) is 5.91 Å². The van der Waals surface area contributed by atoms with Gasteiger partial charge in [-0.2, -0.15) is 0 Å². The van der Waals surface area contributed by atoms with E-state index in [1.54, 1.807) is 0 Å². The molecule has 0 aliphatic rings. The first kappa shape index (κ1) is 18.7. The Morgan fingerprint density at radius 2 is 1.40 bits per heavy atom. The Morgan fingerprint density at radius 1 is 0.920 bits per heavy atom. The van der Waals surface area contributed by atoms with Crippen molar-refractivity contribution in [2.24, 2.45) is 5.92 Å². The molecule has 0 aliphatic heterocycles. The van der Waals surface area contributed by atoms with Crippen molar-refractivity contribution in [1.82, 2.24) is 5.32 Å². The number of benzene rings is 2. The van der Waals surface area contributed by atoms with Crippen molar-refractivity contribution in [3.05, 3.63) is 71.8 Å². The third-order valence-electron chi connectivity index (χ3n) is 4.23. The molecule has 0 radical (unpaired) electrons. The van der Waals surface area contributed by atoms with Crippen LogP contribution in [0.1, 0.15) is 37.3 Å². The summed E-state index contributed by atoms with van der Waals surface area (Å²) in [6, 6.07) is 19.2. The second-order valence-electron chi connectivity index (χ2n) is 6.39. The summed E-state index contributed by atoms with van der Waals surface area (Å²) in [5.41, 5.74) is 2.14. The van der Waals surface area contributed by atoms with Crippen molar-refractivity contribution in [3.8, 4) is 0 Å². The van der Waals surface area contributed by atoms with E-state index in [9.17, 15) is 9.59 Å². The Balaban J connectivity index is 2.19. The van der Waals surface area contributed by atoms with E-state index in [-0.39, 0.29) is 24.2 Å². The summed E-state index contributed by atoms with van der Waals surface area (Å²) < 4.78 is 4.80. The quantitative estimate of drug-likeness (QED) is 0.785. The van der Waals surface area contributed by atoms with Gasteiger partial charge in [0.1, 0.15) is 6.04 Å². The molecule has 0 spiro atoms. The number of ether oxygens (including phenoxy) is 1. The second kappa shape index (κ2) is 9.02. The van der Waals surface area contributed by atoms with Crippen LogP contribution in [0.15, 0.2) is 60.7 Å². The monoisotopic (exact) mass is 339 g/mol. The highest BCUT2D eigenvalue weighted by atomic mass is 16.5. The molecule has 0 bridgehead atoms. The lowest BCUT2D eigenvalue weighted by atomic mass is 9.88. The number of carbonyl (C=O) groups is 2. The van der Waals surface area contributed by atoms with E-state index in [1.165, 1.54) is 7.11 Å². The van der Waals surface area contributed by atoms with Crippen LogP contribution in [-0.4, -0.2) is 25.0 Å². The summed E-state index contributed by atoms with van der Waals surface area (Å²) in [4.78, 5) is 24.5. The normalized spacial score (nSPS) is 12.0. The number of hydrogen-bond acceptors (Lipinski definition) is 3. The molecule has 0 saturated carbocycles. The summed E-state index contributed by atoms with van der Waals surface area (Å²) in [5.74, 6) is -0.683. The van der Waals surface area contributed by atoms with Crippen LogP contribution in [0.25, 0.3) is 0 Å². The first-order chi connectivity index (χ1) is 12.0. The number of nitrogens with one attached hydrogen (secondary N) is 1. The van der Waals surface area contributed by atoms with E-state index < -0.39 is 12.0 Å². The summed E-state index contributed by atoms with van der Waals surface area (Å²) in [7, 11) is 1.33. The van der Waals surface area contributed by atoms with Gasteiger partial charge in [-0.05, 0) is 17.0 Å². The molecule has 4 heteroatoms. The summed E-state index contributed by atoms with van der Waals surface area (Å²) >= 11 is 0. The van der Waals surface area contributed by atoms with E-state index >= 15 is 0 Å². The number of esters is 1. The summed E-state index contributed by atoms with van der Waals surface area (Å²) in [5, 5.41) is 2.82. The van der Waals surface area contributed by atoms with Gasteiger partial charge in [0, 0.05) is 12.3 Å². The highest BCUT2D eigenvalue weighted by Crippen LogP contribution is 2.27. The van der Waals surface area contributed by atoms with Gasteiger partial charge in [0.05, 0.1) is 7.11 Å². The van der Waals surface area contributed by atoms with Crippen LogP contribution in [0.2, 0.25) is 0 Å². The average molecular weight is 339 g/mol. The maximum Gasteiger partial charge on any atom is 0.328 e. The predicted octanol–water partition coefficient (Wildman–Crippen LogP) is 3.52. The van der Waals surface area contributed by atoms with E-state index in [4.69, 9.17) is 4.74 Å². The first-order valence-electron chi connectivity index (χ1n) is 8.50. The topological polar surface area (TPSA) is 55.4 Å². The zero-order valence-electron chi connectivity index (χ0n) is 14.9. The summed E-state index contributed by atoms with van der Waals surface area (Å²) in [6.45, 7) is 3.77. The first-order valence-corrected chi connectivity index (χ1v) is 8.50. The van der Waals surface area contributed by atoms with Gasteiger partial charge >= 0.3 is 5.97 Å². The van der Waals surface area contributed by atoms with E-state index in [0.29, 0.717) is 0 Å². The van der Waals surface area contributed by atoms with Gasteiger partial charge in [-0.3, -0.25) is 4.79 Å². The number of hydrogen-bond donors (Lipinski definition) is 1.